The summed E-state index contributed by atoms with van der Waals surface area (Å²) in [6, 6.07) is 0. The maximum Gasteiger partial charge on any atom is 0.0760 e. The molecule has 0 aromatic rings. The molecule has 0 bridgehead atoms. The smallest absolute Gasteiger partial charge is 0.0760 e. The summed E-state index contributed by atoms with van der Waals surface area (Å²) < 4.78 is 0. The highest BCUT2D eigenvalue weighted by Crippen LogP contribution is 2.41. The van der Waals surface area contributed by atoms with Crippen molar-refractivity contribution in [1.82, 2.24) is 4.90 Å². The van der Waals surface area contributed by atoms with Crippen molar-refractivity contribution in [3.8, 4) is 0 Å². The molecule has 1 unspecified atom stereocenters. The summed E-state index contributed by atoms with van der Waals surface area (Å²) in [5.41, 5.74) is 1.19. The third kappa shape index (κ3) is 2.74. The zero-order valence-corrected chi connectivity index (χ0v) is 11.2. The Morgan fingerprint density at radius 2 is 1.76 bits per heavy atom. The first kappa shape index (κ1) is 13.1. The number of hydrogen-bond donors (Lipinski definition) is 1. The Labute approximate surface area is 106 Å². The van der Waals surface area contributed by atoms with E-state index in [0.29, 0.717) is 0 Å². The average Bonchev–Trinajstić information content (AvgIpc) is 2.79. The van der Waals surface area contributed by atoms with E-state index in [4.69, 9.17) is 0 Å². The Hall–Kier alpha value is -0.340. The molecule has 2 rings (SSSR count). The number of nitrogens with zero attached hydrogens (tertiary/aromatic N) is 1. The van der Waals surface area contributed by atoms with E-state index in [0.717, 1.165) is 12.0 Å². The van der Waals surface area contributed by atoms with Gasteiger partial charge in [-0.05, 0) is 52.1 Å². The van der Waals surface area contributed by atoms with Gasteiger partial charge in [-0.2, -0.15) is 0 Å². The van der Waals surface area contributed by atoms with Gasteiger partial charge >= 0.3 is 0 Å². The fourth-order valence-electron chi connectivity index (χ4n) is 3.71. The van der Waals surface area contributed by atoms with Crippen molar-refractivity contribution in [3.05, 3.63) is 12.2 Å². The van der Waals surface area contributed by atoms with Crippen LogP contribution in [0.2, 0.25) is 0 Å². The van der Waals surface area contributed by atoms with Gasteiger partial charge in [0.25, 0.3) is 0 Å². The normalized spacial score (nSPS) is 26.9. The summed E-state index contributed by atoms with van der Waals surface area (Å²) in [5.74, 6) is 0. The van der Waals surface area contributed by atoms with Crippen LogP contribution < -0.4 is 0 Å². The molecule has 0 radical (unpaired) electrons. The first-order chi connectivity index (χ1) is 8.15. The van der Waals surface area contributed by atoms with Crippen LogP contribution in [0.3, 0.4) is 0 Å². The van der Waals surface area contributed by atoms with Crippen LogP contribution in [-0.4, -0.2) is 34.7 Å². The molecule has 2 aliphatic rings. The van der Waals surface area contributed by atoms with Gasteiger partial charge in [0, 0.05) is 5.54 Å². The molecule has 1 saturated carbocycles. The first-order valence-corrected chi connectivity index (χ1v) is 7.23. The van der Waals surface area contributed by atoms with E-state index in [-0.39, 0.29) is 11.6 Å². The molecule has 0 aromatic heterocycles. The number of likely N-dealkylation sites (tertiary alicyclic amines) is 1. The van der Waals surface area contributed by atoms with E-state index >= 15 is 0 Å². The maximum atomic E-state index is 10.6. The summed E-state index contributed by atoms with van der Waals surface area (Å²) in [6.45, 7) is 8.37. The van der Waals surface area contributed by atoms with Crippen molar-refractivity contribution < 1.29 is 5.11 Å². The third-order valence-corrected chi connectivity index (χ3v) is 4.62. The van der Waals surface area contributed by atoms with Gasteiger partial charge in [0.2, 0.25) is 0 Å². The van der Waals surface area contributed by atoms with Gasteiger partial charge in [-0.1, -0.05) is 24.8 Å². The van der Waals surface area contributed by atoms with Crippen molar-refractivity contribution in [3.63, 3.8) is 0 Å². The zero-order valence-electron chi connectivity index (χ0n) is 11.2. The minimum atomic E-state index is -0.208. The van der Waals surface area contributed by atoms with E-state index in [1.54, 1.807) is 0 Å². The molecule has 1 saturated heterocycles. The van der Waals surface area contributed by atoms with Crippen LogP contribution in [0.25, 0.3) is 0 Å². The van der Waals surface area contributed by atoms with Crippen LogP contribution in [0.4, 0.5) is 0 Å². The van der Waals surface area contributed by atoms with Crippen molar-refractivity contribution in [2.75, 3.05) is 13.1 Å². The number of rotatable bonds is 4. The Bertz CT molecular complexity index is 262. The number of aliphatic hydroxyl groups excluding tert-OH is 1. The third-order valence-electron chi connectivity index (χ3n) is 4.62. The lowest BCUT2D eigenvalue weighted by molar-refractivity contribution is -0.0379. The lowest BCUT2D eigenvalue weighted by atomic mass is 9.83. The van der Waals surface area contributed by atoms with Crippen LogP contribution in [-0.2, 0) is 0 Å². The summed E-state index contributed by atoms with van der Waals surface area (Å²) in [5, 5.41) is 10.6. The molecule has 2 fully saturated rings. The topological polar surface area (TPSA) is 23.5 Å². The monoisotopic (exact) mass is 237 g/mol. The minimum absolute atomic E-state index is 0.0827. The Kier molecular flexibility index (Phi) is 4.26. The predicted molar refractivity (Wildman–Crippen MR) is 72.1 cm³/mol. The van der Waals surface area contributed by atoms with E-state index in [2.05, 4.69) is 11.5 Å². The van der Waals surface area contributed by atoms with Gasteiger partial charge in [0.15, 0.2) is 0 Å². The van der Waals surface area contributed by atoms with Crippen LogP contribution in [0.1, 0.15) is 58.3 Å². The molecule has 1 atom stereocenters. The molecule has 2 heteroatoms. The fraction of sp³-hybridized carbons (Fsp3) is 0.867. The van der Waals surface area contributed by atoms with Crippen LogP contribution >= 0.6 is 0 Å². The minimum Gasteiger partial charge on any atom is -0.391 e. The number of piperidine rings is 1. The first-order valence-electron chi connectivity index (χ1n) is 7.23. The van der Waals surface area contributed by atoms with Crippen molar-refractivity contribution >= 4 is 0 Å². The molecule has 1 aliphatic carbocycles. The molecule has 2 nitrogen and oxygen atoms in total. The highest BCUT2D eigenvalue weighted by atomic mass is 16.3. The molecule has 1 heterocycles. The van der Waals surface area contributed by atoms with Crippen LogP contribution in [0, 0.1) is 0 Å². The van der Waals surface area contributed by atoms with Crippen molar-refractivity contribution in [1.29, 1.82) is 0 Å². The second-order valence-corrected chi connectivity index (χ2v) is 6.04. The Balaban J connectivity index is 2.10. The van der Waals surface area contributed by atoms with Gasteiger partial charge in [-0.25, -0.2) is 0 Å². The standard InChI is InChI=1S/C15H27NO/c1-13(2)12-14(17)15(8-4-5-9-15)16-10-6-3-7-11-16/h14,17H,1,3-12H2,2H3. The molecule has 0 aromatic carbocycles. The summed E-state index contributed by atoms with van der Waals surface area (Å²) in [4.78, 5) is 2.59. The van der Waals surface area contributed by atoms with Gasteiger partial charge < -0.3 is 5.11 Å². The maximum absolute atomic E-state index is 10.6. The number of hydrogen-bond acceptors (Lipinski definition) is 2. The zero-order chi connectivity index (χ0) is 12.3. The second kappa shape index (κ2) is 5.53. The molecule has 0 amide bonds. The predicted octanol–water partition coefficient (Wildman–Crippen LogP) is 3.11. The number of aliphatic hydroxyl groups is 1. The summed E-state index contributed by atoms with van der Waals surface area (Å²) in [7, 11) is 0. The summed E-state index contributed by atoms with van der Waals surface area (Å²) >= 11 is 0. The molecule has 98 valence electrons. The van der Waals surface area contributed by atoms with E-state index in [1.807, 2.05) is 6.92 Å². The molecular formula is C15H27NO. The lowest BCUT2D eigenvalue weighted by Gasteiger charge is -2.46. The quantitative estimate of drug-likeness (QED) is 0.759. The van der Waals surface area contributed by atoms with Gasteiger partial charge in [-0.3, -0.25) is 4.90 Å². The highest BCUT2D eigenvalue weighted by Gasteiger charge is 2.45. The summed E-state index contributed by atoms with van der Waals surface area (Å²) in [6.07, 6.45) is 9.47. The van der Waals surface area contributed by atoms with Crippen molar-refractivity contribution in [2.24, 2.45) is 0 Å². The highest BCUT2D eigenvalue weighted by molar-refractivity contribution is 5.05. The molecule has 1 N–H and O–H groups in total. The average molecular weight is 237 g/mol. The molecular weight excluding hydrogens is 210 g/mol. The second-order valence-electron chi connectivity index (χ2n) is 6.04. The molecule has 0 spiro atoms. The van der Waals surface area contributed by atoms with E-state index in [9.17, 15) is 5.11 Å². The van der Waals surface area contributed by atoms with Gasteiger partial charge in [0.05, 0.1) is 6.10 Å². The van der Waals surface area contributed by atoms with E-state index < -0.39 is 0 Å². The molecule has 17 heavy (non-hydrogen) atoms. The van der Waals surface area contributed by atoms with Gasteiger partial charge in [0.1, 0.15) is 0 Å². The van der Waals surface area contributed by atoms with E-state index in [1.165, 1.54) is 58.0 Å². The molecule has 1 aliphatic heterocycles. The van der Waals surface area contributed by atoms with Crippen molar-refractivity contribution in [2.45, 2.75) is 69.9 Å². The Morgan fingerprint density at radius 1 is 1.18 bits per heavy atom. The van der Waals surface area contributed by atoms with Crippen LogP contribution in [0.15, 0.2) is 12.2 Å². The van der Waals surface area contributed by atoms with Gasteiger partial charge in [-0.15, -0.1) is 6.58 Å². The lowest BCUT2D eigenvalue weighted by Crippen LogP contribution is -2.56. The van der Waals surface area contributed by atoms with Crippen LogP contribution in [0.5, 0.6) is 0 Å². The largest absolute Gasteiger partial charge is 0.391 e. The SMILES string of the molecule is C=C(C)CC(O)C1(N2CCCCC2)CCCC1. The Morgan fingerprint density at radius 3 is 2.29 bits per heavy atom. The fourth-order valence-corrected chi connectivity index (χ4v) is 3.71.